The van der Waals surface area contributed by atoms with E-state index in [2.05, 4.69) is 43.2 Å². The molecule has 1 fully saturated rings. The molecule has 1 N–H and O–H groups in total. The van der Waals surface area contributed by atoms with Crippen molar-refractivity contribution in [3.8, 4) is 0 Å². The molecule has 0 spiro atoms. The fourth-order valence-corrected chi connectivity index (χ4v) is 2.77. The van der Waals surface area contributed by atoms with Crippen LogP contribution in [0, 0.1) is 11.3 Å². The summed E-state index contributed by atoms with van der Waals surface area (Å²) in [5.74, 6) is 0.652. The highest BCUT2D eigenvalue weighted by atomic mass is 32.1. The number of anilines is 1. The Morgan fingerprint density at radius 3 is 2.56 bits per heavy atom. The van der Waals surface area contributed by atoms with Gasteiger partial charge in [-0.3, -0.25) is 0 Å². The molecule has 0 amide bonds. The predicted octanol–water partition coefficient (Wildman–Crippen LogP) is 3.34. The van der Waals surface area contributed by atoms with Crippen molar-refractivity contribution in [1.29, 1.82) is 0 Å². The summed E-state index contributed by atoms with van der Waals surface area (Å²) in [5, 5.41) is 14.0. The number of hydrogen-bond donors (Lipinski definition) is 1. The summed E-state index contributed by atoms with van der Waals surface area (Å²) >= 11 is 1.70. The van der Waals surface area contributed by atoms with Crippen LogP contribution >= 0.6 is 11.3 Å². The van der Waals surface area contributed by atoms with Crippen LogP contribution in [0.25, 0.3) is 0 Å². The van der Waals surface area contributed by atoms with Gasteiger partial charge in [0.25, 0.3) is 0 Å². The van der Waals surface area contributed by atoms with Gasteiger partial charge in [-0.1, -0.05) is 32.1 Å². The van der Waals surface area contributed by atoms with Crippen molar-refractivity contribution >= 4 is 16.5 Å². The first-order chi connectivity index (χ1) is 7.49. The van der Waals surface area contributed by atoms with Crippen LogP contribution in [-0.2, 0) is 6.42 Å². The molecule has 1 atom stereocenters. The molecule has 0 aromatic carbocycles. The molecule has 4 heteroatoms. The minimum atomic E-state index is 0.490. The molecule has 1 aliphatic rings. The van der Waals surface area contributed by atoms with Crippen LogP contribution in [0.1, 0.15) is 45.5 Å². The Hall–Kier alpha value is -0.640. The molecule has 0 saturated heterocycles. The van der Waals surface area contributed by atoms with Gasteiger partial charge in [-0.25, -0.2) is 0 Å². The maximum absolute atomic E-state index is 4.22. The van der Waals surface area contributed by atoms with Crippen LogP contribution in [0.15, 0.2) is 0 Å². The Kier molecular flexibility index (Phi) is 3.19. The Labute approximate surface area is 102 Å². The molecule has 2 rings (SSSR count). The predicted molar refractivity (Wildman–Crippen MR) is 68.9 cm³/mol. The Morgan fingerprint density at radius 1 is 1.31 bits per heavy atom. The highest BCUT2D eigenvalue weighted by Crippen LogP contribution is 2.48. The lowest BCUT2D eigenvalue weighted by Gasteiger charge is -2.19. The van der Waals surface area contributed by atoms with Gasteiger partial charge in [-0.15, -0.1) is 10.2 Å². The van der Waals surface area contributed by atoms with Crippen LogP contribution in [0.2, 0.25) is 0 Å². The maximum Gasteiger partial charge on any atom is 0.205 e. The molecule has 0 radical (unpaired) electrons. The van der Waals surface area contributed by atoms with E-state index in [1.165, 1.54) is 12.8 Å². The van der Waals surface area contributed by atoms with E-state index in [4.69, 9.17) is 0 Å². The minimum absolute atomic E-state index is 0.490. The molecule has 0 bridgehead atoms. The van der Waals surface area contributed by atoms with Gasteiger partial charge in [0.2, 0.25) is 5.13 Å². The molecular formula is C12H21N3S. The SMILES string of the molecule is CC(C)Cc1nnc(NC(C)C2(C)CC2)s1. The lowest BCUT2D eigenvalue weighted by molar-refractivity contribution is 0.493. The molecule has 1 saturated carbocycles. The number of rotatable bonds is 5. The lowest BCUT2D eigenvalue weighted by atomic mass is 10.0. The average Bonchev–Trinajstić information content (AvgIpc) is 2.79. The number of hydrogen-bond acceptors (Lipinski definition) is 4. The first kappa shape index (κ1) is 11.8. The van der Waals surface area contributed by atoms with Crippen LogP contribution in [0.5, 0.6) is 0 Å². The minimum Gasteiger partial charge on any atom is -0.357 e. The van der Waals surface area contributed by atoms with E-state index in [0.29, 0.717) is 17.4 Å². The van der Waals surface area contributed by atoms with Crippen LogP contribution < -0.4 is 5.32 Å². The Bertz CT molecular complexity index is 355. The molecule has 1 aromatic heterocycles. The van der Waals surface area contributed by atoms with E-state index in [1.54, 1.807) is 11.3 Å². The zero-order valence-electron chi connectivity index (χ0n) is 10.6. The highest BCUT2D eigenvalue weighted by Gasteiger charge is 2.42. The molecule has 1 aromatic rings. The summed E-state index contributed by atoms with van der Waals surface area (Å²) < 4.78 is 0. The van der Waals surface area contributed by atoms with E-state index >= 15 is 0 Å². The Balaban J connectivity index is 1.92. The number of aromatic nitrogens is 2. The molecule has 1 unspecified atom stereocenters. The van der Waals surface area contributed by atoms with Crippen molar-refractivity contribution in [3.05, 3.63) is 5.01 Å². The van der Waals surface area contributed by atoms with Crippen molar-refractivity contribution in [2.45, 2.75) is 53.0 Å². The van der Waals surface area contributed by atoms with E-state index in [0.717, 1.165) is 16.6 Å². The standard InChI is InChI=1S/C12H21N3S/c1-8(2)7-10-14-15-11(16-10)13-9(3)12(4)5-6-12/h8-9H,5-7H2,1-4H3,(H,13,15). The second kappa shape index (κ2) is 4.32. The second-order valence-electron chi connectivity index (χ2n) is 5.62. The van der Waals surface area contributed by atoms with Gasteiger partial charge in [0.05, 0.1) is 0 Å². The first-order valence-corrected chi connectivity index (χ1v) is 6.90. The second-order valence-corrected chi connectivity index (χ2v) is 6.68. The maximum atomic E-state index is 4.22. The molecule has 16 heavy (non-hydrogen) atoms. The van der Waals surface area contributed by atoms with E-state index in [-0.39, 0.29) is 0 Å². The quantitative estimate of drug-likeness (QED) is 0.856. The van der Waals surface area contributed by atoms with Crippen molar-refractivity contribution in [2.24, 2.45) is 11.3 Å². The molecular weight excluding hydrogens is 218 g/mol. The third-order valence-electron chi connectivity index (χ3n) is 3.47. The summed E-state index contributed by atoms with van der Waals surface area (Å²) in [6.07, 6.45) is 3.70. The van der Waals surface area contributed by atoms with E-state index in [9.17, 15) is 0 Å². The third kappa shape index (κ3) is 2.73. The molecule has 1 aliphatic carbocycles. The monoisotopic (exact) mass is 239 g/mol. The Morgan fingerprint density at radius 2 is 2.00 bits per heavy atom. The topological polar surface area (TPSA) is 37.8 Å². The number of nitrogens with zero attached hydrogens (tertiary/aromatic N) is 2. The van der Waals surface area contributed by atoms with Gasteiger partial charge in [-0.05, 0) is 31.1 Å². The average molecular weight is 239 g/mol. The normalized spacial score (nSPS) is 19.8. The zero-order chi connectivity index (χ0) is 11.8. The van der Waals surface area contributed by atoms with Gasteiger partial charge in [0.15, 0.2) is 0 Å². The van der Waals surface area contributed by atoms with Crippen LogP contribution in [0.4, 0.5) is 5.13 Å². The van der Waals surface area contributed by atoms with Gasteiger partial charge < -0.3 is 5.32 Å². The van der Waals surface area contributed by atoms with Crippen molar-refractivity contribution in [2.75, 3.05) is 5.32 Å². The largest absolute Gasteiger partial charge is 0.357 e. The molecule has 1 heterocycles. The van der Waals surface area contributed by atoms with E-state index in [1.807, 2.05) is 0 Å². The molecule has 3 nitrogen and oxygen atoms in total. The summed E-state index contributed by atoms with van der Waals surface area (Å²) in [6, 6.07) is 0.507. The summed E-state index contributed by atoms with van der Waals surface area (Å²) in [7, 11) is 0. The van der Waals surface area contributed by atoms with Gasteiger partial charge in [0, 0.05) is 12.5 Å². The fraction of sp³-hybridized carbons (Fsp3) is 0.833. The lowest BCUT2D eigenvalue weighted by Crippen LogP contribution is -2.24. The van der Waals surface area contributed by atoms with Crippen molar-refractivity contribution in [3.63, 3.8) is 0 Å². The van der Waals surface area contributed by atoms with Crippen molar-refractivity contribution in [1.82, 2.24) is 10.2 Å². The zero-order valence-corrected chi connectivity index (χ0v) is 11.4. The van der Waals surface area contributed by atoms with Crippen molar-refractivity contribution < 1.29 is 0 Å². The van der Waals surface area contributed by atoms with Gasteiger partial charge >= 0.3 is 0 Å². The van der Waals surface area contributed by atoms with E-state index < -0.39 is 0 Å². The summed E-state index contributed by atoms with van der Waals surface area (Å²) in [4.78, 5) is 0. The highest BCUT2D eigenvalue weighted by molar-refractivity contribution is 7.15. The third-order valence-corrected chi connectivity index (χ3v) is 4.35. The summed E-state index contributed by atoms with van der Waals surface area (Å²) in [6.45, 7) is 9.00. The molecule has 0 aliphatic heterocycles. The van der Waals surface area contributed by atoms with Crippen LogP contribution in [0.3, 0.4) is 0 Å². The smallest absolute Gasteiger partial charge is 0.205 e. The summed E-state index contributed by atoms with van der Waals surface area (Å²) in [5.41, 5.74) is 0.490. The van der Waals surface area contributed by atoms with Gasteiger partial charge in [-0.2, -0.15) is 0 Å². The fourth-order valence-electron chi connectivity index (χ4n) is 1.73. The first-order valence-electron chi connectivity index (χ1n) is 6.08. The molecule has 90 valence electrons. The number of nitrogens with one attached hydrogen (secondary N) is 1. The van der Waals surface area contributed by atoms with Gasteiger partial charge in [0.1, 0.15) is 5.01 Å². The van der Waals surface area contributed by atoms with Crippen LogP contribution in [-0.4, -0.2) is 16.2 Å².